The highest BCUT2D eigenvalue weighted by atomic mass is 35.5. The van der Waals surface area contributed by atoms with E-state index in [1.54, 1.807) is 0 Å². The Hall–Kier alpha value is -4.54. The molecular weight excluding hydrogens is 678 g/mol. The summed E-state index contributed by atoms with van der Waals surface area (Å²) < 4.78 is 119. The maximum atomic E-state index is 13.7. The molecule has 0 saturated carbocycles. The van der Waals surface area contributed by atoms with Crippen molar-refractivity contribution in [2.75, 3.05) is 35.1 Å². The van der Waals surface area contributed by atoms with Crippen LogP contribution in [0.2, 0.25) is 5.02 Å². The van der Waals surface area contributed by atoms with Crippen molar-refractivity contribution in [2.24, 2.45) is 0 Å². The van der Waals surface area contributed by atoms with Gasteiger partial charge in [-0.05, 0) is 78.9 Å². The van der Waals surface area contributed by atoms with Crippen LogP contribution in [-0.4, -0.2) is 43.5 Å². The summed E-state index contributed by atoms with van der Waals surface area (Å²) in [6, 6.07) is 15.3. The number of carbonyl (C=O) groups excluding carboxylic acids is 1. The summed E-state index contributed by atoms with van der Waals surface area (Å²) in [5.74, 6) is -1.12. The van der Waals surface area contributed by atoms with Gasteiger partial charge in [0.1, 0.15) is 12.4 Å². The lowest BCUT2D eigenvalue weighted by atomic mass is 10.2. The quantitative estimate of drug-likeness (QED) is 0.179. The Labute approximate surface area is 266 Å². The van der Waals surface area contributed by atoms with Crippen molar-refractivity contribution in [3.05, 3.63) is 101 Å². The zero-order valence-electron chi connectivity index (χ0n) is 23.8. The minimum absolute atomic E-state index is 0.0327. The van der Waals surface area contributed by atoms with Gasteiger partial charge in [0, 0.05) is 17.4 Å². The summed E-state index contributed by atoms with van der Waals surface area (Å²) in [7, 11) is -6.12. The van der Waals surface area contributed by atoms with Gasteiger partial charge in [-0.1, -0.05) is 11.6 Å². The first kappa shape index (κ1) is 34.3. The topological polar surface area (TPSA) is 131 Å². The molecule has 0 aliphatic rings. The molecule has 0 fully saturated rings. The van der Waals surface area contributed by atoms with Crippen LogP contribution >= 0.6 is 11.6 Å². The number of methoxy groups -OCH3 is 2. The second kappa shape index (κ2) is 13.4. The Balaban J connectivity index is 1.55. The third kappa shape index (κ3) is 7.81. The minimum Gasteiger partial charge on any atom is -0.493 e. The zero-order chi connectivity index (χ0) is 33.9. The first-order chi connectivity index (χ1) is 21.5. The molecule has 4 aromatic carbocycles. The highest BCUT2D eigenvalue weighted by molar-refractivity contribution is 7.93. The van der Waals surface area contributed by atoms with Gasteiger partial charge in [-0.2, -0.15) is 13.2 Å². The lowest BCUT2D eigenvalue weighted by Gasteiger charge is -2.24. The lowest BCUT2D eigenvalue weighted by molar-refractivity contribution is -0.137. The number of anilines is 3. The molecule has 0 atom stereocenters. The summed E-state index contributed by atoms with van der Waals surface area (Å²) in [4.78, 5) is 12.5. The molecule has 0 unspecified atom stereocenters. The van der Waals surface area contributed by atoms with Crippen LogP contribution in [0.15, 0.2) is 94.7 Å². The second-order valence-electron chi connectivity index (χ2n) is 9.38. The molecule has 0 aliphatic carbocycles. The molecule has 4 rings (SSSR count). The van der Waals surface area contributed by atoms with Gasteiger partial charge in [0.25, 0.3) is 20.0 Å². The standard InChI is InChI=1S/C29H24ClF4N3O7S2/c1-43-26-14-12-23(16-27(26)44-2)46(41,42)37(21-8-3-18(31)4-9-21)17-28(38)35-19-5-10-22(11-6-19)45(39,40)36-20-7-13-25(30)24(15-20)29(32,33)34/h3-16,36H,17H2,1-2H3,(H,35,38). The number of ether oxygens (including phenoxy) is 2. The number of hydrogen-bond donors (Lipinski definition) is 2. The van der Waals surface area contributed by atoms with Gasteiger partial charge in [0.15, 0.2) is 11.5 Å². The van der Waals surface area contributed by atoms with E-state index in [0.29, 0.717) is 6.07 Å². The fraction of sp³-hybridized carbons (Fsp3) is 0.138. The Bertz CT molecular complexity index is 1960. The molecule has 1 amide bonds. The monoisotopic (exact) mass is 701 g/mol. The van der Waals surface area contributed by atoms with Crippen LogP contribution in [0, 0.1) is 5.82 Å². The number of rotatable bonds is 11. The number of hydrogen-bond acceptors (Lipinski definition) is 7. The van der Waals surface area contributed by atoms with E-state index in [4.69, 9.17) is 21.1 Å². The molecule has 0 aromatic heterocycles. The maximum Gasteiger partial charge on any atom is 0.417 e. The van der Waals surface area contributed by atoms with Crippen molar-refractivity contribution >= 4 is 54.6 Å². The molecule has 0 radical (unpaired) electrons. The van der Waals surface area contributed by atoms with Crippen LogP contribution in [0.1, 0.15) is 5.56 Å². The van der Waals surface area contributed by atoms with E-state index in [-0.39, 0.29) is 38.4 Å². The highest BCUT2D eigenvalue weighted by Crippen LogP contribution is 2.37. The van der Waals surface area contributed by atoms with E-state index in [1.807, 2.05) is 4.72 Å². The average Bonchev–Trinajstić information content (AvgIpc) is 3.00. The Morgan fingerprint density at radius 3 is 1.98 bits per heavy atom. The van der Waals surface area contributed by atoms with Gasteiger partial charge in [-0.25, -0.2) is 21.2 Å². The molecule has 17 heteroatoms. The molecule has 10 nitrogen and oxygen atoms in total. The van der Waals surface area contributed by atoms with Gasteiger partial charge < -0.3 is 14.8 Å². The number of carbonyl (C=O) groups is 1. The van der Waals surface area contributed by atoms with E-state index in [9.17, 15) is 39.2 Å². The molecule has 2 N–H and O–H groups in total. The molecule has 0 saturated heterocycles. The van der Waals surface area contributed by atoms with Gasteiger partial charge in [0.2, 0.25) is 5.91 Å². The summed E-state index contributed by atoms with van der Waals surface area (Å²) in [6.45, 7) is -0.776. The molecular formula is C29H24ClF4N3O7S2. The van der Waals surface area contributed by atoms with Crippen molar-refractivity contribution in [1.82, 2.24) is 0 Å². The highest BCUT2D eigenvalue weighted by Gasteiger charge is 2.34. The first-order valence-corrected chi connectivity index (χ1v) is 16.1. The van der Waals surface area contributed by atoms with Gasteiger partial charge in [0.05, 0.1) is 40.3 Å². The molecule has 4 aromatic rings. The van der Waals surface area contributed by atoms with Crippen LogP contribution in [0.5, 0.6) is 11.5 Å². The normalized spacial score (nSPS) is 11.9. The summed E-state index contributed by atoms with van der Waals surface area (Å²) in [5, 5.41) is 1.85. The number of benzene rings is 4. The fourth-order valence-corrected chi connectivity index (χ4v) is 6.81. The van der Waals surface area contributed by atoms with Crippen LogP contribution in [-0.2, 0) is 31.0 Å². The number of amides is 1. The van der Waals surface area contributed by atoms with E-state index in [1.165, 1.54) is 56.7 Å². The lowest BCUT2D eigenvalue weighted by Crippen LogP contribution is -2.38. The predicted molar refractivity (Wildman–Crippen MR) is 163 cm³/mol. The second-order valence-corrected chi connectivity index (χ2v) is 13.3. The zero-order valence-corrected chi connectivity index (χ0v) is 26.2. The molecule has 244 valence electrons. The van der Waals surface area contributed by atoms with Crippen molar-refractivity contribution in [3.8, 4) is 11.5 Å². The van der Waals surface area contributed by atoms with Crippen LogP contribution in [0.3, 0.4) is 0 Å². The number of halogens is 5. The van der Waals surface area contributed by atoms with Gasteiger partial charge in [-0.3, -0.25) is 13.8 Å². The Morgan fingerprint density at radius 2 is 1.39 bits per heavy atom. The van der Waals surface area contributed by atoms with Crippen LogP contribution < -0.4 is 23.8 Å². The van der Waals surface area contributed by atoms with Crippen molar-refractivity contribution in [3.63, 3.8) is 0 Å². The van der Waals surface area contributed by atoms with Crippen molar-refractivity contribution in [2.45, 2.75) is 16.0 Å². The van der Waals surface area contributed by atoms with Crippen LogP contribution in [0.25, 0.3) is 0 Å². The first-order valence-electron chi connectivity index (χ1n) is 12.8. The molecule has 0 spiro atoms. The third-order valence-electron chi connectivity index (χ3n) is 6.32. The SMILES string of the molecule is COc1ccc(S(=O)(=O)N(CC(=O)Nc2ccc(S(=O)(=O)Nc3ccc(Cl)c(C(F)(F)F)c3)cc2)c2ccc(F)cc2)cc1OC. The van der Waals surface area contributed by atoms with Crippen molar-refractivity contribution in [1.29, 1.82) is 0 Å². The van der Waals surface area contributed by atoms with E-state index < -0.39 is 55.1 Å². The number of sulfonamides is 2. The Morgan fingerprint density at radius 1 is 0.804 bits per heavy atom. The third-order valence-corrected chi connectivity index (χ3v) is 9.81. The van der Waals surface area contributed by atoms with Crippen LogP contribution in [0.4, 0.5) is 34.6 Å². The predicted octanol–water partition coefficient (Wildman–Crippen LogP) is 6.15. The smallest absolute Gasteiger partial charge is 0.417 e. The van der Waals surface area contributed by atoms with Gasteiger partial charge in [-0.15, -0.1) is 0 Å². The van der Waals surface area contributed by atoms with E-state index >= 15 is 0 Å². The molecule has 0 bridgehead atoms. The number of nitrogens with one attached hydrogen (secondary N) is 2. The van der Waals surface area contributed by atoms with E-state index in [2.05, 4.69) is 5.32 Å². The minimum atomic E-state index is -4.81. The van der Waals surface area contributed by atoms with Gasteiger partial charge >= 0.3 is 6.18 Å². The largest absolute Gasteiger partial charge is 0.493 e. The fourth-order valence-electron chi connectivity index (χ4n) is 4.10. The molecule has 0 aliphatic heterocycles. The van der Waals surface area contributed by atoms with E-state index in [0.717, 1.165) is 40.7 Å². The summed E-state index contributed by atoms with van der Waals surface area (Å²) in [6.07, 6.45) is -4.81. The van der Waals surface area contributed by atoms with Crippen molar-refractivity contribution < 1.29 is 48.7 Å². The number of nitrogens with zero attached hydrogens (tertiary/aromatic N) is 1. The summed E-state index contributed by atoms with van der Waals surface area (Å²) >= 11 is 5.59. The summed E-state index contributed by atoms with van der Waals surface area (Å²) in [5.41, 5.74) is -1.58. The average molecular weight is 702 g/mol. The Kier molecular flexibility index (Phi) is 10.0. The maximum absolute atomic E-state index is 13.7. The molecule has 0 heterocycles. The number of alkyl halides is 3. The molecule has 46 heavy (non-hydrogen) atoms.